The fraction of sp³-hybridized carbons (Fsp3) is 0.900. The van der Waals surface area contributed by atoms with Crippen LogP contribution in [0.5, 0.6) is 0 Å². The van der Waals surface area contributed by atoms with Crippen LogP contribution in [0, 0.1) is 0 Å². The largest absolute Gasteiger partial charge is 0.378 e. The van der Waals surface area contributed by atoms with Gasteiger partial charge in [-0.05, 0) is 26.2 Å². The lowest BCUT2D eigenvalue weighted by molar-refractivity contribution is -0.125. The summed E-state index contributed by atoms with van der Waals surface area (Å²) in [5, 5.41) is 2.83. The van der Waals surface area contributed by atoms with Crippen LogP contribution in [0.1, 0.15) is 32.6 Å². The topological polar surface area (TPSA) is 64.3 Å². The second-order valence-electron chi connectivity index (χ2n) is 3.90. The van der Waals surface area contributed by atoms with E-state index in [1.165, 1.54) is 6.42 Å². The van der Waals surface area contributed by atoms with Gasteiger partial charge in [-0.15, -0.1) is 0 Å². The molecule has 82 valence electrons. The fourth-order valence-electron chi connectivity index (χ4n) is 1.57. The third-order valence-corrected chi connectivity index (χ3v) is 2.45. The van der Waals surface area contributed by atoms with Gasteiger partial charge >= 0.3 is 0 Å². The van der Waals surface area contributed by atoms with Gasteiger partial charge < -0.3 is 15.8 Å². The normalized spacial score (nSPS) is 24.3. The molecule has 0 spiro atoms. The van der Waals surface area contributed by atoms with Crippen molar-refractivity contribution in [3.8, 4) is 0 Å². The number of hydrogen-bond donors (Lipinski definition) is 2. The minimum Gasteiger partial charge on any atom is -0.378 e. The zero-order chi connectivity index (χ0) is 10.4. The highest BCUT2D eigenvalue weighted by Crippen LogP contribution is 2.15. The SMILES string of the molecule is C[C@@H](CN)NC(=O)CC1CCCCO1. The van der Waals surface area contributed by atoms with Gasteiger partial charge in [0.25, 0.3) is 0 Å². The Morgan fingerprint density at radius 2 is 2.43 bits per heavy atom. The van der Waals surface area contributed by atoms with E-state index in [-0.39, 0.29) is 18.1 Å². The lowest BCUT2D eigenvalue weighted by Gasteiger charge is -2.22. The number of amides is 1. The standard InChI is InChI=1S/C10H20N2O2/c1-8(7-11)12-10(13)6-9-4-2-3-5-14-9/h8-9H,2-7,11H2,1H3,(H,12,13)/t8-,9?/m0/s1. The molecule has 14 heavy (non-hydrogen) atoms. The van der Waals surface area contributed by atoms with Gasteiger partial charge in [0.2, 0.25) is 5.91 Å². The smallest absolute Gasteiger partial charge is 0.222 e. The van der Waals surface area contributed by atoms with Crippen molar-refractivity contribution in [3.63, 3.8) is 0 Å². The number of nitrogens with two attached hydrogens (primary N) is 1. The molecule has 1 heterocycles. The third kappa shape index (κ3) is 4.07. The molecular formula is C10H20N2O2. The Bertz CT molecular complexity index is 179. The molecule has 0 bridgehead atoms. The van der Waals surface area contributed by atoms with Crippen LogP contribution in [0.4, 0.5) is 0 Å². The average molecular weight is 200 g/mol. The highest BCUT2D eigenvalue weighted by molar-refractivity contribution is 5.76. The molecule has 0 saturated carbocycles. The van der Waals surface area contributed by atoms with E-state index in [9.17, 15) is 4.79 Å². The summed E-state index contributed by atoms with van der Waals surface area (Å²) in [6.07, 6.45) is 3.89. The minimum absolute atomic E-state index is 0.0508. The van der Waals surface area contributed by atoms with Crippen LogP contribution in [0.25, 0.3) is 0 Å². The molecule has 0 radical (unpaired) electrons. The molecule has 0 aromatic heterocycles. The summed E-state index contributed by atoms with van der Waals surface area (Å²) in [6.45, 7) is 3.18. The molecule has 4 nitrogen and oxygen atoms in total. The molecule has 0 aromatic rings. The van der Waals surface area contributed by atoms with E-state index >= 15 is 0 Å². The van der Waals surface area contributed by atoms with Crippen molar-refractivity contribution < 1.29 is 9.53 Å². The first-order valence-electron chi connectivity index (χ1n) is 5.33. The van der Waals surface area contributed by atoms with E-state index in [0.717, 1.165) is 19.4 Å². The first-order chi connectivity index (χ1) is 6.72. The van der Waals surface area contributed by atoms with Gasteiger partial charge in [0.05, 0.1) is 12.5 Å². The third-order valence-electron chi connectivity index (χ3n) is 2.45. The Hall–Kier alpha value is -0.610. The monoisotopic (exact) mass is 200 g/mol. The zero-order valence-corrected chi connectivity index (χ0v) is 8.79. The van der Waals surface area contributed by atoms with E-state index in [1.807, 2.05) is 6.92 Å². The molecule has 0 aromatic carbocycles. The Morgan fingerprint density at radius 1 is 1.64 bits per heavy atom. The maximum atomic E-state index is 11.4. The van der Waals surface area contributed by atoms with Gasteiger partial charge in [-0.2, -0.15) is 0 Å². The predicted molar refractivity (Wildman–Crippen MR) is 54.9 cm³/mol. The first-order valence-corrected chi connectivity index (χ1v) is 5.33. The second-order valence-corrected chi connectivity index (χ2v) is 3.90. The molecule has 1 aliphatic rings. The lowest BCUT2D eigenvalue weighted by Crippen LogP contribution is -2.39. The summed E-state index contributed by atoms with van der Waals surface area (Å²) in [5.41, 5.74) is 5.41. The average Bonchev–Trinajstić information content (AvgIpc) is 2.19. The van der Waals surface area contributed by atoms with E-state index in [1.54, 1.807) is 0 Å². The molecule has 3 N–H and O–H groups in total. The van der Waals surface area contributed by atoms with Crippen LogP contribution in [-0.2, 0) is 9.53 Å². The van der Waals surface area contributed by atoms with Crippen LogP contribution >= 0.6 is 0 Å². The first kappa shape index (κ1) is 11.5. The Kier molecular flexibility index (Phi) is 4.90. The van der Waals surface area contributed by atoms with Crippen LogP contribution in [0.3, 0.4) is 0 Å². The van der Waals surface area contributed by atoms with Gasteiger partial charge in [0.15, 0.2) is 0 Å². The van der Waals surface area contributed by atoms with Crippen molar-refractivity contribution in [2.75, 3.05) is 13.2 Å². The van der Waals surface area contributed by atoms with Crippen molar-refractivity contribution in [2.45, 2.75) is 44.8 Å². The Labute approximate surface area is 85.2 Å². The summed E-state index contributed by atoms with van der Waals surface area (Å²) in [4.78, 5) is 11.4. The highest BCUT2D eigenvalue weighted by atomic mass is 16.5. The highest BCUT2D eigenvalue weighted by Gasteiger charge is 2.17. The van der Waals surface area contributed by atoms with Crippen molar-refractivity contribution >= 4 is 5.91 Å². The zero-order valence-electron chi connectivity index (χ0n) is 8.79. The van der Waals surface area contributed by atoms with E-state index < -0.39 is 0 Å². The molecule has 1 fully saturated rings. The summed E-state index contributed by atoms with van der Waals surface area (Å²) in [5.74, 6) is 0.0508. The van der Waals surface area contributed by atoms with Crippen molar-refractivity contribution in [1.82, 2.24) is 5.32 Å². The quantitative estimate of drug-likeness (QED) is 0.691. The molecule has 1 rings (SSSR count). The van der Waals surface area contributed by atoms with Gasteiger partial charge in [-0.3, -0.25) is 4.79 Å². The van der Waals surface area contributed by atoms with Gasteiger partial charge in [0, 0.05) is 19.2 Å². The number of carbonyl (C=O) groups is 1. The molecule has 1 unspecified atom stereocenters. The van der Waals surface area contributed by atoms with Crippen LogP contribution < -0.4 is 11.1 Å². The summed E-state index contributed by atoms with van der Waals surface area (Å²) in [6, 6.07) is 0.0612. The summed E-state index contributed by atoms with van der Waals surface area (Å²) < 4.78 is 5.47. The van der Waals surface area contributed by atoms with Crippen LogP contribution in [0.2, 0.25) is 0 Å². The Morgan fingerprint density at radius 3 is 3.00 bits per heavy atom. The number of rotatable bonds is 4. The van der Waals surface area contributed by atoms with Crippen molar-refractivity contribution in [2.24, 2.45) is 5.73 Å². The van der Waals surface area contributed by atoms with E-state index in [0.29, 0.717) is 13.0 Å². The van der Waals surface area contributed by atoms with Gasteiger partial charge in [0.1, 0.15) is 0 Å². The molecule has 1 amide bonds. The molecule has 1 aliphatic heterocycles. The minimum atomic E-state index is 0.0508. The van der Waals surface area contributed by atoms with Crippen molar-refractivity contribution in [3.05, 3.63) is 0 Å². The predicted octanol–water partition coefficient (Wildman–Crippen LogP) is 0.409. The second kappa shape index (κ2) is 5.98. The molecule has 1 saturated heterocycles. The lowest BCUT2D eigenvalue weighted by atomic mass is 10.1. The van der Waals surface area contributed by atoms with E-state index in [2.05, 4.69) is 5.32 Å². The molecule has 2 atom stereocenters. The van der Waals surface area contributed by atoms with Crippen LogP contribution in [-0.4, -0.2) is 31.2 Å². The molecule has 0 aliphatic carbocycles. The summed E-state index contributed by atoms with van der Waals surface area (Å²) in [7, 11) is 0. The number of carbonyl (C=O) groups excluding carboxylic acids is 1. The van der Waals surface area contributed by atoms with Gasteiger partial charge in [-0.1, -0.05) is 0 Å². The van der Waals surface area contributed by atoms with Gasteiger partial charge in [-0.25, -0.2) is 0 Å². The number of nitrogens with one attached hydrogen (secondary N) is 1. The fourth-order valence-corrected chi connectivity index (χ4v) is 1.57. The maximum Gasteiger partial charge on any atom is 0.222 e. The van der Waals surface area contributed by atoms with E-state index in [4.69, 9.17) is 10.5 Å². The number of ether oxygens (including phenoxy) is 1. The van der Waals surface area contributed by atoms with Crippen molar-refractivity contribution in [1.29, 1.82) is 0 Å². The van der Waals surface area contributed by atoms with Crippen LogP contribution in [0.15, 0.2) is 0 Å². The molecule has 4 heteroatoms. The maximum absolute atomic E-state index is 11.4. The summed E-state index contributed by atoms with van der Waals surface area (Å²) >= 11 is 0. The molecular weight excluding hydrogens is 180 g/mol. The number of hydrogen-bond acceptors (Lipinski definition) is 3. The Balaban J connectivity index is 2.18.